The molecular weight excluding hydrogens is 180 g/mol. The van der Waals surface area contributed by atoms with E-state index >= 15 is 0 Å². The number of carbonyl (C=O) groups is 1. The highest BCUT2D eigenvalue weighted by atomic mass is 16.3. The van der Waals surface area contributed by atoms with Crippen molar-refractivity contribution < 1.29 is 9.90 Å². The van der Waals surface area contributed by atoms with Gasteiger partial charge in [0, 0.05) is 12.6 Å². The molecule has 0 saturated heterocycles. The van der Waals surface area contributed by atoms with Gasteiger partial charge in [-0.05, 0) is 18.6 Å². The lowest BCUT2D eigenvalue weighted by atomic mass is 10.1. The van der Waals surface area contributed by atoms with E-state index in [0.717, 1.165) is 5.56 Å². The second-order valence-corrected chi connectivity index (χ2v) is 3.12. The van der Waals surface area contributed by atoms with Gasteiger partial charge in [0.2, 0.25) is 5.91 Å². The van der Waals surface area contributed by atoms with Crippen molar-refractivity contribution in [1.29, 1.82) is 0 Å². The van der Waals surface area contributed by atoms with Crippen molar-refractivity contribution in [3.8, 4) is 5.75 Å². The molecule has 1 atom stereocenters. The Kier molecular flexibility index (Phi) is 3.45. The Labute approximate surface area is 83.0 Å². The number of pyridine rings is 1. The SMILES string of the molecule is CCC(=O)NC(C)c1cncc(O)c1. The summed E-state index contributed by atoms with van der Waals surface area (Å²) in [6, 6.07) is 1.47. The van der Waals surface area contributed by atoms with Gasteiger partial charge >= 0.3 is 0 Å². The molecule has 1 aromatic rings. The largest absolute Gasteiger partial charge is 0.506 e. The number of carbonyl (C=O) groups excluding carboxylic acids is 1. The highest BCUT2D eigenvalue weighted by Gasteiger charge is 2.08. The molecule has 4 nitrogen and oxygen atoms in total. The summed E-state index contributed by atoms with van der Waals surface area (Å²) in [5.74, 6) is 0.0981. The van der Waals surface area contributed by atoms with E-state index in [0.29, 0.717) is 6.42 Å². The predicted octanol–water partition coefficient (Wildman–Crippen LogP) is 1.37. The van der Waals surface area contributed by atoms with E-state index in [-0.39, 0.29) is 17.7 Å². The van der Waals surface area contributed by atoms with Crippen LogP contribution >= 0.6 is 0 Å². The van der Waals surface area contributed by atoms with Crippen molar-refractivity contribution >= 4 is 5.91 Å². The maximum absolute atomic E-state index is 11.1. The fourth-order valence-electron chi connectivity index (χ4n) is 1.11. The first kappa shape index (κ1) is 10.5. The van der Waals surface area contributed by atoms with Gasteiger partial charge in [0.25, 0.3) is 0 Å². The Morgan fingerprint density at radius 3 is 2.93 bits per heavy atom. The zero-order valence-corrected chi connectivity index (χ0v) is 8.32. The maximum Gasteiger partial charge on any atom is 0.220 e. The van der Waals surface area contributed by atoms with Crippen LogP contribution < -0.4 is 5.32 Å². The molecule has 4 heteroatoms. The zero-order chi connectivity index (χ0) is 10.6. The molecule has 0 aliphatic carbocycles. The molecule has 0 radical (unpaired) electrons. The van der Waals surface area contributed by atoms with Gasteiger partial charge in [-0.3, -0.25) is 9.78 Å². The molecular formula is C10H14N2O2. The quantitative estimate of drug-likeness (QED) is 0.764. The summed E-state index contributed by atoms with van der Waals surface area (Å²) in [6.45, 7) is 3.65. The molecule has 76 valence electrons. The number of aromatic hydroxyl groups is 1. The summed E-state index contributed by atoms with van der Waals surface area (Å²) in [5, 5.41) is 12.0. The van der Waals surface area contributed by atoms with E-state index in [1.807, 2.05) is 6.92 Å². The van der Waals surface area contributed by atoms with E-state index in [9.17, 15) is 9.90 Å². The molecule has 0 bridgehead atoms. The number of nitrogens with zero attached hydrogens (tertiary/aromatic N) is 1. The molecule has 0 saturated carbocycles. The van der Waals surface area contributed by atoms with E-state index in [1.54, 1.807) is 19.2 Å². The third-order valence-electron chi connectivity index (χ3n) is 1.94. The first-order chi connectivity index (χ1) is 6.63. The average molecular weight is 194 g/mol. The first-order valence-corrected chi connectivity index (χ1v) is 4.56. The number of nitrogens with one attached hydrogen (secondary N) is 1. The fourth-order valence-corrected chi connectivity index (χ4v) is 1.11. The second-order valence-electron chi connectivity index (χ2n) is 3.12. The van der Waals surface area contributed by atoms with Gasteiger partial charge in [0.1, 0.15) is 5.75 Å². The smallest absolute Gasteiger partial charge is 0.220 e. The highest BCUT2D eigenvalue weighted by Crippen LogP contribution is 2.15. The van der Waals surface area contributed by atoms with Gasteiger partial charge in [-0.25, -0.2) is 0 Å². The molecule has 14 heavy (non-hydrogen) atoms. The summed E-state index contributed by atoms with van der Waals surface area (Å²) in [6.07, 6.45) is 3.44. The normalized spacial score (nSPS) is 12.1. The van der Waals surface area contributed by atoms with E-state index in [2.05, 4.69) is 10.3 Å². The van der Waals surface area contributed by atoms with E-state index in [4.69, 9.17) is 0 Å². The highest BCUT2D eigenvalue weighted by molar-refractivity contribution is 5.75. The van der Waals surface area contributed by atoms with Crippen LogP contribution in [0.4, 0.5) is 0 Å². The summed E-state index contributed by atoms with van der Waals surface area (Å²) in [4.78, 5) is 14.9. The lowest BCUT2D eigenvalue weighted by molar-refractivity contribution is -0.121. The number of hydrogen-bond acceptors (Lipinski definition) is 3. The van der Waals surface area contributed by atoms with Crippen LogP contribution in [0.2, 0.25) is 0 Å². The number of rotatable bonds is 3. The summed E-state index contributed by atoms with van der Waals surface area (Å²) < 4.78 is 0. The van der Waals surface area contributed by atoms with E-state index < -0.39 is 0 Å². The molecule has 0 spiro atoms. The Bertz CT molecular complexity index is 326. The second kappa shape index (κ2) is 4.60. The summed E-state index contributed by atoms with van der Waals surface area (Å²) >= 11 is 0. The molecule has 0 fully saturated rings. The van der Waals surface area contributed by atoms with Crippen LogP contribution in [0, 0.1) is 0 Å². The van der Waals surface area contributed by atoms with Gasteiger partial charge in [0.05, 0.1) is 12.2 Å². The molecule has 0 aliphatic heterocycles. The molecule has 1 aromatic heterocycles. The van der Waals surface area contributed by atoms with Crippen LogP contribution in [0.3, 0.4) is 0 Å². The zero-order valence-electron chi connectivity index (χ0n) is 8.32. The predicted molar refractivity (Wildman–Crippen MR) is 52.8 cm³/mol. The van der Waals surface area contributed by atoms with Crippen molar-refractivity contribution in [2.45, 2.75) is 26.3 Å². The number of hydrogen-bond donors (Lipinski definition) is 2. The first-order valence-electron chi connectivity index (χ1n) is 4.56. The topological polar surface area (TPSA) is 62.2 Å². The molecule has 1 rings (SSSR count). The molecule has 1 amide bonds. The van der Waals surface area contributed by atoms with Gasteiger partial charge < -0.3 is 10.4 Å². The minimum absolute atomic E-state index is 0.0131. The van der Waals surface area contributed by atoms with Gasteiger partial charge in [0.15, 0.2) is 0 Å². The van der Waals surface area contributed by atoms with Crippen molar-refractivity contribution in [3.05, 3.63) is 24.0 Å². The lowest BCUT2D eigenvalue weighted by Crippen LogP contribution is -2.25. The van der Waals surface area contributed by atoms with Crippen LogP contribution in [0.15, 0.2) is 18.5 Å². The molecule has 1 heterocycles. The standard InChI is InChI=1S/C10H14N2O2/c1-3-10(14)12-7(2)8-4-9(13)6-11-5-8/h4-7,13H,3H2,1-2H3,(H,12,14). The van der Waals surface area contributed by atoms with Crippen LogP contribution in [0.5, 0.6) is 5.75 Å². The minimum Gasteiger partial charge on any atom is -0.506 e. The van der Waals surface area contributed by atoms with Gasteiger partial charge in [-0.1, -0.05) is 6.92 Å². The van der Waals surface area contributed by atoms with Crippen molar-refractivity contribution in [1.82, 2.24) is 10.3 Å². The van der Waals surface area contributed by atoms with Crippen LogP contribution in [0.25, 0.3) is 0 Å². The van der Waals surface area contributed by atoms with Crippen LogP contribution in [-0.4, -0.2) is 16.0 Å². The Balaban J connectivity index is 2.69. The average Bonchev–Trinajstić information content (AvgIpc) is 2.17. The third-order valence-corrected chi connectivity index (χ3v) is 1.94. The lowest BCUT2D eigenvalue weighted by Gasteiger charge is -2.13. The molecule has 0 aromatic carbocycles. The summed E-state index contributed by atoms with van der Waals surface area (Å²) in [7, 11) is 0. The van der Waals surface area contributed by atoms with Crippen molar-refractivity contribution in [3.63, 3.8) is 0 Å². The summed E-state index contributed by atoms with van der Waals surface area (Å²) in [5.41, 5.74) is 0.798. The number of aromatic nitrogens is 1. The molecule has 2 N–H and O–H groups in total. The third kappa shape index (κ3) is 2.73. The van der Waals surface area contributed by atoms with E-state index in [1.165, 1.54) is 6.20 Å². The molecule has 1 unspecified atom stereocenters. The van der Waals surface area contributed by atoms with Gasteiger partial charge in [-0.15, -0.1) is 0 Å². The Morgan fingerprint density at radius 1 is 1.64 bits per heavy atom. The van der Waals surface area contributed by atoms with Crippen LogP contribution in [0.1, 0.15) is 31.9 Å². The minimum atomic E-state index is -0.123. The Morgan fingerprint density at radius 2 is 2.36 bits per heavy atom. The monoisotopic (exact) mass is 194 g/mol. The fraction of sp³-hybridized carbons (Fsp3) is 0.400. The Hall–Kier alpha value is -1.58. The molecule has 0 aliphatic rings. The van der Waals surface area contributed by atoms with Crippen molar-refractivity contribution in [2.75, 3.05) is 0 Å². The van der Waals surface area contributed by atoms with Crippen LogP contribution in [-0.2, 0) is 4.79 Å². The maximum atomic E-state index is 11.1. The number of amides is 1. The van der Waals surface area contributed by atoms with Crippen molar-refractivity contribution in [2.24, 2.45) is 0 Å². The van der Waals surface area contributed by atoms with Gasteiger partial charge in [-0.2, -0.15) is 0 Å².